The molecule has 0 bridgehead atoms. The molecule has 2 nitrogen and oxygen atoms in total. The average molecular weight is 256 g/mol. The van der Waals surface area contributed by atoms with Gasteiger partial charge < -0.3 is 4.74 Å². The van der Waals surface area contributed by atoms with Gasteiger partial charge in [0.15, 0.2) is 0 Å². The summed E-state index contributed by atoms with van der Waals surface area (Å²) < 4.78 is 39.8. The van der Waals surface area contributed by atoms with E-state index in [0.29, 0.717) is 0 Å². The molecule has 0 fully saturated rings. The zero-order valence-corrected chi connectivity index (χ0v) is 9.70. The Labute approximate surface area is 104 Å². The fourth-order valence-electron chi connectivity index (χ4n) is 1.84. The van der Waals surface area contributed by atoms with Gasteiger partial charge in [-0.15, -0.1) is 13.2 Å². The van der Waals surface area contributed by atoms with Crippen LogP contribution in [0.15, 0.2) is 30.3 Å². The summed E-state index contributed by atoms with van der Waals surface area (Å²) in [6.45, 7) is 1.61. The van der Waals surface area contributed by atoms with Gasteiger partial charge in [-0.05, 0) is 29.7 Å². The largest absolute Gasteiger partial charge is 0.573 e. The van der Waals surface area contributed by atoms with Crippen LogP contribution < -0.4 is 4.74 Å². The van der Waals surface area contributed by atoms with E-state index in [1.54, 1.807) is 12.1 Å². The van der Waals surface area contributed by atoms with Gasteiger partial charge >= 0.3 is 6.36 Å². The molecule has 0 amide bonds. The lowest BCUT2D eigenvalue weighted by molar-refractivity contribution is -0.274. The van der Waals surface area contributed by atoms with E-state index in [4.69, 9.17) is 0 Å². The molecule has 1 aromatic carbocycles. The molecule has 1 aliphatic heterocycles. The van der Waals surface area contributed by atoms with Crippen molar-refractivity contribution in [1.82, 2.24) is 4.90 Å². The summed E-state index contributed by atoms with van der Waals surface area (Å²) in [6, 6.07) is 5.96. The van der Waals surface area contributed by atoms with Crippen molar-refractivity contribution in [3.63, 3.8) is 0 Å². The van der Waals surface area contributed by atoms with Crippen LogP contribution in [0.5, 0.6) is 5.75 Å². The normalized spacial score (nSPS) is 17.4. The molecule has 18 heavy (non-hydrogen) atoms. The standard InChI is InChI=1S/C13H13F3NO/c1-17-8-6-11(7-9-17)10-2-4-12(5-3-10)18-13(14,15)16/h2-6H,1,7-9H2. The molecule has 0 saturated heterocycles. The van der Waals surface area contributed by atoms with Crippen molar-refractivity contribution in [2.45, 2.75) is 12.8 Å². The van der Waals surface area contributed by atoms with Gasteiger partial charge in [0, 0.05) is 20.1 Å². The first-order chi connectivity index (χ1) is 8.44. The molecule has 0 atom stereocenters. The molecule has 0 unspecified atom stereocenters. The SMILES string of the molecule is [CH2]N1CC=C(c2ccc(OC(F)(F)F)cc2)CC1. The lowest BCUT2D eigenvalue weighted by Gasteiger charge is -2.22. The Hall–Kier alpha value is -1.49. The van der Waals surface area contributed by atoms with E-state index in [0.717, 1.165) is 30.6 Å². The van der Waals surface area contributed by atoms with Gasteiger partial charge in [-0.2, -0.15) is 0 Å². The maximum atomic E-state index is 12.0. The van der Waals surface area contributed by atoms with Gasteiger partial charge in [-0.25, -0.2) is 0 Å². The predicted molar refractivity (Wildman–Crippen MR) is 62.6 cm³/mol. The molecule has 0 aliphatic carbocycles. The third-order valence-electron chi connectivity index (χ3n) is 2.75. The summed E-state index contributed by atoms with van der Waals surface area (Å²) in [7, 11) is 3.82. The van der Waals surface area contributed by atoms with Gasteiger partial charge in [-0.1, -0.05) is 18.2 Å². The number of benzene rings is 1. The molecule has 1 aromatic rings. The van der Waals surface area contributed by atoms with E-state index in [1.165, 1.54) is 12.1 Å². The summed E-state index contributed by atoms with van der Waals surface area (Å²) in [5.41, 5.74) is 2.06. The molecule has 0 N–H and O–H groups in total. The molecular weight excluding hydrogens is 243 g/mol. The molecule has 0 spiro atoms. The molecule has 0 saturated carbocycles. The van der Waals surface area contributed by atoms with E-state index in [1.807, 2.05) is 11.0 Å². The topological polar surface area (TPSA) is 12.5 Å². The molecule has 1 heterocycles. The molecule has 1 aliphatic rings. The quantitative estimate of drug-likeness (QED) is 0.803. The third kappa shape index (κ3) is 3.50. The van der Waals surface area contributed by atoms with Gasteiger partial charge in [0.05, 0.1) is 0 Å². The van der Waals surface area contributed by atoms with Crippen LogP contribution in [-0.4, -0.2) is 24.4 Å². The lowest BCUT2D eigenvalue weighted by atomic mass is 10.00. The second kappa shape index (κ2) is 5.02. The molecule has 2 rings (SSSR count). The lowest BCUT2D eigenvalue weighted by Crippen LogP contribution is -2.21. The maximum Gasteiger partial charge on any atom is 0.573 e. The van der Waals surface area contributed by atoms with Crippen LogP contribution in [0.3, 0.4) is 0 Å². The van der Waals surface area contributed by atoms with Crippen molar-refractivity contribution in [2.75, 3.05) is 13.1 Å². The van der Waals surface area contributed by atoms with E-state index in [9.17, 15) is 13.2 Å². The van der Waals surface area contributed by atoms with Crippen molar-refractivity contribution in [2.24, 2.45) is 0 Å². The Morgan fingerprint density at radius 1 is 1.17 bits per heavy atom. The maximum absolute atomic E-state index is 12.0. The Morgan fingerprint density at radius 3 is 2.33 bits per heavy atom. The Bertz CT molecular complexity index is 437. The summed E-state index contributed by atoms with van der Waals surface area (Å²) in [6.07, 6.45) is -1.75. The van der Waals surface area contributed by atoms with Crippen LogP contribution in [0.4, 0.5) is 13.2 Å². The number of nitrogens with zero attached hydrogens (tertiary/aromatic N) is 1. The Balaban J connectivity index is 2.08. The van der Waals surface area contributed by atoms with Gasteiger partial charge in [0.2, 0.25) is 0 Å². The van der Waals surface area contributed by atoms with Crippen LogP contribution in [-0.2, 0) is 0 Å². The number of rotatable bonds is 2. The van der Waals surface area contributed by atoms with Crippen LogP contribution in [0.1, 0.15) is 12.0 Å². The highest BCUT2D eigenvalue weighted by Gasteiger charge is 2.30. The first-order valence-corrected chi connectivity index (χ1v) is 5.55. The van der Waals surface area contributed by atoms with E-state index >= 15 is 0 Å². The highest BCUT2D eigenvalue weighted by molar-refractivity contribution is 5.67. The first kappa shape index (κ1) is 13.0. The summed E-state index contributed by atoms with van der Waals surface area (Å²) in [4.78, 5) is 1.94. The van der Waals surface area contributed by atoms with E-state index in [2.05, 4.69) is 11.8 Å². The summed E-state index contributed by atoms with van der Waals surface area (Å²) in [5, 5.41) is 0. The minimum atomic E-state index is -4.64. The zero-order chi connectivity index (χ0) is 13.2. The van der Waals surface area contributed by atoms with Crippen molar-refractivity contribution >= 4 is 5.57 Å². The minimum absolute atomic E-state index is 0.193. The fourth-order valence-corrected chi connectivity index (χ4v) is 1.84. The highest BCUT2D eigenvalue weighted by Crippen LogP contribution is 2.27. The van der Waals surface area contributed by atoms with E-state index < -0.39 is 6.36 Å². The molecule has 5 heteroatoms. The van der Waals surface area contributed by atoms with Crippen molar-refractivity contribution in [3.05, 3.63) is 43.0 Å². The van der Waals surface area contributed by atoms with Crippen LogP contribution in [0.2, 0.25) is 0 Å². The predicted octanol–water partition coefficient (Wildman–Crippen LogP) is 3.47. The molecule has 0 aromatic heterocycles. The van der Waals surface area contributed by atoms with Gasteiger partial charge in [0.25, 0.3) is 0 Å². The first-order valence-electron chi connectivity index (χ1n) is 5.55. The number of alkyl halides is 3. The number of ether oxygens (including phenoxy) is 1. The van der Waals surface area contributed by atoms with Gasteiger partial charge in [-0.3, -0.25) is 4.90 Å². The minimum Gasteiger partial charge on any atom is -0.406 e. The summed E-state index contributed by atoms with van der Waals surface area (Å²) in [5.74, 6) is -0.193. The molecule has 1 radical (unpaired) electrons. The van der Waals surface area contributed by atoms with Crippen molar-refractivity contribution in [1.29, 1.82) is 0 Å². The third-order valence-corrected chi connectivity index (χ3v) is 2.75. The van der Waals surface area contributed by atoms with E-state index in [-0.39, 0.29) is 5.75 Å². The van der Waals surface area contributed by atoms with Crippen LogP contribution >= 0.6 is 0 Å². The molecular formula is C13H13F3NO. The fraction of sp³-hybridized carbons (Fsp3) is 0.308. The Morgan fingerprint density at radius 2 is 1.83 bits per heavy atom. The second-order valence-electron chi connectivity index (χ2n) is 4.13. The number of hydrogen-bond donors (Lipinski definition) is 0. The monoisotopic (exact) mass is 256 g/mol. The van der Waals surface area contributed by atoms with Crippen molar-refractivity contribution < 1.29 is 17.9 Å². The summed E-state index contributed by atoms with van der Waals surface area (Å²) >= 11 is 0. The molecule has 97 valence electrons. The average Bonchev–Trinajstić information content (AvgIpc) is 2.29. The van der Waals surface area contributed by atoms with Crippen LogP contribution in [0, 0.1) is 7.05 Å². The van der Waals surface area contributed by atoms with Crippen molar-refractivity contribution in [3.8, 4) is 5.75 Å². The Kier molecular flexibility index (Phi) is 3.61. The zero-order valence-electron chi connectivity index (χ0n) is 9.70. The highest BCUT2D eigenvalue weighted by atomic mass is 19.4. The van der Waals surface area contributed by atoms with Crippen LogP contribution in [0.25, 0.3) is 5.57 Å². The second-order valence-corrected chi connectivity index (χ2v) is 4.13. The number of halogens is 3. The smallest absolute Gasteiger partial charge is 0.406 e. The number of hydrogen-bond acceptors (Lipinski definition) is 2. The van der Waals surface area contributed by atoms with Gasteiger partial charge in [0.1, 0.15) is 5.75 Å².